The van der Waals surface area contributed by atoms with Crippen LogP contribution < -0.4 is 14.8 Å². The number of aliphatic hydroxyl groups excluding tert-OH is 1. The van der Waals surface area contributed by atoms with Crippen molar-refractivity contribution in [2.24, 2.45) is 5.92 Å². The molecule has 1 aromatic rings. The van der Waals surface area contributed by atoms with Gasteiger partial charge in [-0.3, -0.25) is 0 Å². The molecule has 0 aliphatic heterocycles. The van der Waals surface area contributed by atoms with Gasteiger partial charge in [0.25, 0.3) is 0 Å². The quantitative estimate of drug-likeness (QED) is 0.730. The molecule has 4 heteroatoms. The molecule has 0 heterocycles. The van der Waals surface area contributed by atoms with Gasteiger partial charge >= 0.3 is 0 Å². The maximum absolute atomic E-state index is 9.36. The van der Waals surface area contributed by atoms with Crippen LogP contribution in [0, 0.1) is 5.92 Å². The first-order valence-electron chi connectivity index (χ1n) is 7.24. The molecule has 114 valence electrons. The molecule has 0 bridgehead atoms. The van der Waals surface area contributed by atoms with E-state index in [1.165, 1.54) is 0 Å². The van der Waals surface area contributed by atoms with Crippen LogP contribution in [0.25, 0.3) is 0 Å². The Bertz CT molecular complexity index is 393. The van der Waals surface area contributed by atoms with Crippen molar-refractivity contribution in [2.75, 3.05) is 20.3 Å². The molecule has 0 spiro atoms. The summed E-state index contributed by atoms with van der Waals surface area (Å²) in [5.74, 6) is 2.07. The second-order valence-electron chi connectivity index (χ2n) is 5.31. The molecule has 0 radical (unpaired) electrons. The summed E-state index contributed by atoms with van der Waals surface area (Å²) in [5, 5.41) is 12.7. The molecule has 0 fully saturated rings. The van der Waals surface area contributed by atoms with Crippen molar-refractivity contribution in [1.82, 2.24) is 5.32 Å². The summed E-state index contributed by atoms with van der Waals surface area (Å²) in [4.78, 5) is 0. The van der Waals surface area contributed by atoms with Crippen LogP contribution in [0.2, 0.25) is 0 Å². The molecule has 0 aliphatic carbocycles. The summed E-state index contributed by atoms with van der Waals surface area (Å²) in [7, 11) is 1.64. The first-order chi connectivity index (χ1) is 9.60. The lowest BCUT2D eigenvalue weighted by molar-refractivity contribution is 0.223. The van der Waals surface area contributed by atoms with Crippen LogP contribution >= 0.6 is 0 Å². The number of benzene rings is 1. The van der Waals surface area contributed by atoms with Gasteiger partial charge in [-0.15, -0.1) is 0 Å². The van der Waals surface area contributed by atoms with Crippen molar-refractivity contribution < 1.29 is 14.6 Å². The number of hydrogen-bond donors (Lipinski definition) is 2. The minimum Gasteiger partial charge on any atom is -0.493 e. The van der Waals surface area contributed by atoms with Gasteiger partial charge < -0.3 is 19.9 Å². The van der Waals surface area contributed by atoms with Crippen LogP contribution in [0.1, 0.15) is 32.8 Å². The third-order valence-corrected chi connectivity index (χ3v) is 3.10. The first kappa shape index (κ1) is 16.8. The SMILES string of the molecule is CCOc1ccc(CNC(CO)CC(C)C)cc1OC. The predicted molar refractivity (Wildman–Crippen MR) is 81.3 cm³/mol. The Kier molecular flexibility index (Phi) is 7.41. The van der Waals surface area contributed by atoms with E-state index >= 15 is 0 Å². The molecule has 20 heavy (non-hydrogen) atoms. The molecular formula is C16H27NO3. The molecular weight excluding hydrogens is 254 g/mol. The molecule has 0 saturated heterocycles. The zero-order chi connectivity index (χ0) is 15.0. The highest BCUT2D eigenvalue weighted by Crippen LogP contribution is 2.28. The van der Waals surface area contributed by atoms with Crippen molar-refractivity contribution >= 4 is 0 Å². The molecule has 0 aliphatic rings. The van der Waals surface area contributed by atoms with Crippen LogP contribution in [-0.2, 0) is 6.54 Å². The van der Waals surface area contributed by atoms with Gasteiger partial charge in [-0.1, -0.05) is 19.9 Å². The number of ether oxygens (including phenoxy) is 2. The van der Waals surface area contributed by atoms with Crippen molar-refractivity contribution in [3.8, 4) is 11.5 Å². The van der Waals surface area contributed by atoms with Crippen LogP contribution in [-0.4, -0.2) is 31.5 Å². The van der Waals surface area contributed by atoms with E-state index in [0.29, 0.717) is 19.1 Å². The summed E-state index contributed by atoms with van der Waals surface area (Å²) >= 11 is 0. The number of aliphatic hydroxyl groups is 1. The standard InChI is InChI=1S/C16H27NO3/c1-5-20-15-7-6-13(9-16(15)19-4)10-17-14(11-18)8-12(2)3/h6-7,9,12,14,17-18H,5,8,10-11H2,1-4H3. The second-order valence-corrected chi connectivity index (χ2v) is 5.31. The summed E-state index contributed by atoms with van der Waals surface area (Å²) in [6.45, 7) is 7.75. The summed E-state index contributed by atoms with van der Waals surface area (Å²) in [6.07, 6.45) is 0.963. The Morgan fingerprint density at radius 3 is 2.55 bits per heavy atom. The van der Waals surface area contributed by atoms with Gasteiger partial charge in [-0.25, -0.2) is 0 Å². The van der Waals surface area contributed by atoms with Gasteiger partial charge in [0, 0.05) is 12.6 Å². The second kappa shape index (κ2) is 8.82. The average molecular weight is 281 g/mol. The number of nitrogens with one attached hydrogen (secondary N) is 1. The molecule has 1 rings (SSSR count). The molecule has 1 atom stereocenters. The minimum atomic E-state index is 0.132. The highest BCUT2D eigenvalue weighted by Gasteiger charge is 2.10. The third kappa shape index (κ3) is 5.39. The number of hydrogen-bond acceptors (Lipinski definition) is 4. The van der Waals surface area contributed by atoms with Gasteiger partial charge in [0.2, 0.25) is 0 Å². The first-order valence-corrected chi connectivity index (χ1v) is 7.24. The fraction of sp³-hybridized carbons (Fsp3) is 0.625. The normalized spacial score (nSPS) is 12.5. The molecule has 0 aromatic heterocycles. The Morgan fingerprint density at radius 1 is 1.25 bits per heavy atom. The van der Waals surface area contributed by atoms with E-state index in [9.17, 15) is 5.11 Å². The molecule has 0 amide bonds. The highest BCUT2D eigenvalue weighted by molar-refractivity contribution is 5.42. The summed E-state index contributed by atoms with van der Waals surface area (Å²) in [6, 6.07) is 6.05. The minimum absolute atomic E-state index is 0.132. The molecule has 2 N–H and O–H groups in total. The van der Waals surface area contributed by atoms with Gasteiger partial charge in [-0.2, -0.15) is 0 Å². The topological polar surface area (TPSA) is 50.7 Å². The van der Waals surface area contributed by atoms with E-state index in [2.05, 4.69) is 19.2 Å². The van der Waals surface area contributed by atoms with Gasteiger partial charge in [0.1, 0.15) is 0 Å². The zero-order valence-corrected chi connectivity index (χ0v) is 13.0. The van der Waals surface area contributed by atoms with E-state index in [1.54, 1.807) is 7.11 Å². The van der Waals surface area contributed by atoms with E-state index in [0.717, 1.165) is 23.5 Å². The summed E-state index contributed by atoms with van der Waals surface area (Å²) < 4.78 is 10.8. The van der Waals surface area contributed by atoms with Crippen LogP contribution in [0.4, 0.5) is 0 Å². The zero-order valence-electron chi connectivity index (χ0n) is 13.0. The van der Waals surface area contributed by atoms with Crippen molar-refractivity contribution in [3.05, 3.63) is 23.8 Å². The van der Waals surface area contributed by atoms with Crippen molar-refractivity contribution in [1.29, 1.82) is 0 Å². The van der Waals surface area contributed by atoms with Crippen LogP contribution in [0.3, 0.4) is 0 Å². The van der Waals surface area contributed by atoms with Crippen LogP contribution in [0.5, 0.6) is 11.5 Å². The third-order valence-electron chi connectivity index (χ3n) is 3.10. The van der Waals surface area contributed by atoms with Crippen molar-refractivity contribution in [2.45, 2.75) is 39.8 Å². The van der Waals surface area contributed by atoms with E-state index in [-0.39, 0.29) is 12.6 Å². The lowest BCUT2D eigenvalue weighted by Gasteiger charge is -2.19. The fourth-order valence-corrected chi connectivity index (χ4v) is 2.15. The van der Waals surface area contributed by atoms with E-state index in [1.807, 2.05) is 25.1 Å². The average Bonchev–Trinajstić information content (AvgIpc) is 2.44. The molecule has 4 nitrogen and oxygen atoms in total. The Labute approximate surface area is 122 Å². The Hall–Kier alpha value is -1.26. The number of methoxy groups -OCH3 is 1. The molecule has 1 unspecified atom stereocenters. The van der Waals surface area contributed by atoms with E-state index < -0.39 is 0 Å². The largest absolute Gasteiger partial charge is 0.493 e. The van der Waals surface area contributed by atoms with Gasteiger partial charge in [0.15, 0.2) is 11.5 Å². The van der Waals surface area contributed by atoms with Gasteiger partial charge in [0.05, 0.1) is 20.3 Å². The maximum Gasteiger partial charge on any atom is 0.161 e. The van der Waals surface area contributed by atoms with Crippen LogP contribution in [0.15, 0.2) is 18.2 Å². The number of rotatable bonds is 9. The molecule has 0 saturated carbocycles. The Morgan fingerprint density at radius 2 is 2.00 bits per heavy atom. The van der Waals surface area contributed by atoms with E-state index in [4.69, 9.17) is 9.47 Å². The fourth-order valence-electron chi connectivity index (χ4n) is 2.15. The molecule has 1 aromatic carbocycles. The van der Waals surface area contributed by atoms with Crippen molar-refractivity contribution in [3.63, 3.8) is 0 Å². The highest BCUT2D eigenvalue weighted by atomic mass is 16.5. The lowest BCUT2D eigenvalue weighted by Crippen LogP contribution is -2.33. The Balaban J connectivity index is 2.63. The lowest BCUT2D eigenvalue weighted by atomic mass is 10.0. The maximum atomic E-state index is 9.36. The predicted octanol–water partition coefficient (Wildman–Crippen LogP) is 2.59. The van der Waals surface area contributed by atoms with Gasteiger partial charge in [-0.05, 0) is 37.0 Å². The smallest absolute Gasteiger partial charge is 0.161 e. The monoisotopic (exact) mass is 281 g/mol. The summed E-state index contributed by atoms with van der Waals surface area (Å²) in [5.41, 5.74) is 1.12.